The van der Waals surface area contributed by atoms with Crippen LogP contribution in [0, 0.1) is 5.92 Å². The van der Waals surface area contributed by atoms with Crippen molar-refractivity contribution in [1.82, 2.24) is 4.90 Å². The van der Waals surface area contributed by atoms with Gasteiger partial charge >= 0.3 is 0 Å². The molecule has 1 fully saturated rings. The molecule has 2 heterocycles. The van der Waals surface area contributed by atoms with Gasteiger partial charge in [-0.15, -0.1) is 0 Å². The van der Waals surface area contributed by atoms with E-state index < -0.39 is 0 Å². The van der Waals surface area contributed by atoms with Crippen molar-refractivity contribution in [2.24, 2.45) is 5.92 Å². The van der Waals surface area contributed by atoms with Crippen molar-refractivity contribution in [3.8, 4) is 11.5 Å². The minimum Gasteiger partial charge on any atom is -0.493 e. The molecule has 2 unspecified atom stereocenters. The molecule has 2 aliphatic rings. The molecule has 0 aromatic heterocycles. The second-order valence-corrected chi connectivity index (χ2v) is 5.95. The summed E-state index contributed by atoms with van der Waals surface area (Å²) in [5, 5.41) is 0. The maximum atomic E-state index is 5.51. The van der Waals surface area contributed by atoms with Gasteiger partial charge in [0.1, 0.15) is 0 Å². The van der Waals surface area contributed by atoms with E-state index in [2.05, 4.69) is 24.0 Å². The summed E-state index contributed by atoms with van der Waals surface area (Å²) in [7, 11) is 3.44. The molecule has 3 rings (SSSR count). The Morgan fingerprint density at radius 2 is 1.90 bits per heavy atom. The van der Waals surface area contributed by atoms with Gasteiger partial charge in [0.05, 0.1) is 14.2 Å². The topological polar surface area (TPSA) is 21.7 Å². The molecular formula is C17H25NO2. The van der Waals surface area contributed by atoms with Crippen LogP contribution >= 0.6 is 0 Å². The Bertz CT molecular complexity index is 486. The van der Waals surface area contributed by atoms with Crippen molar-refractivity contribution in [2.75, 3.05) is 27.3 Å². The van der Waals surface area contributed by atoms with Crippen molar-refractivity contribution < 1.29 is 9.47 Å². The fourth-order valence-electron chi connectivity index (χ4n) is 3.97. The number of hydrogen-bond donors (Lipinski definition) is 0. The number of ether oxygens (including phenoxy) is 2. The smallest absolute Gasteiger partial charge is 0.161 e. The number of methoxy groups -OCH3 is 2. The Hall–Kier alpha value is -1.22. The summed E-state index contributed by atoms with van der Waals surface area (Å²) in [6.45, 7) is 4.75. The summed E-state index contributed by atoms with van der Waals surface area (Å²) < 4.78 is 11.0. The van der Waals surface area contributed by atoms with Crippen LogP contribution in [0.25, 0.3) is 0 Å². The molecule has 0 radical (unpaired) electrons. The molecule has 1 aromatic rings. The first kappa shape index (κ1) is 13.7. The predicted molar refractivity (Wildman–Crippen MR) is 80.6 cm³/mol. The summed E-state index contributed by atoms with van der Waals surface area (Å²) in [4.78, 5) is 2.67. The van der Waals surface area contributed by atoms with E-state index in [0.717, 1.165) is 23.8 Å². The fraction of sp³-hybridized carbons (Fsp3) is 0.647. The number of rotatable bonds is 3. The zero-order chi connectivity index (χ0) is 14.1. The molecule has 0 saturated carbocycles. The van der Waals surface area contributed by atoms with E-state index in [9.17, 15) is 0 Å². The summed E-state index contributed by atoms with van der Waals surface area (Å²) in [6, 6.07) is 4.99. The second kappa shape index (κ2) is 5.65. The van der Waals surface area contributed by atoms with Gasteiger partial charge in [-0.3, -0.25) is 4.90 Å². The highest BCUT2D eigenvalue weighted by Gasteiger charge is 2.36. The third kappa shape index (κ3) is 2.18. The quantitative estimate of drug-likeness (QED) is 0.843. The molecule has 2 aliphatic heterocycles. The van der Waals surface area contributed by atoms with Crippen LogP contribution in [0.2, 0.25) is 0 Å². The predicted octanol–water partition coefficient (Wildman–Crippen LogP) is 3.42. The highest BCUT2D eigenvalue weighted by Crippen LogP contribution is 2.45. The van der Waals surface area contributed by atoms with Gasteiger partial charge in [0.25, 0.3) is 0 Å². The van der Waals surface area contributed by atoms with Crippen LogP contribution in [0.3, 0.4) is 0 Å². The van der Waals surface area contributed by atoms with Crippen molar-refractivity contribution >= 4 is 0 Å². The Morgan fingerprint density at radius 1 is 1.15 bits per heavy atom. The van der Waals surface area contributed by atoms with Gasteiger partial charge in [-0.25, -0.2) is 0 Å². The lowest BCUT2D eigenvalue weighted by Crippen LogP contribution is -2.43. The normalized spacial score (nSPS) is 25.8. The van der Waals surface area contributed by atoms with Crippen LogP contribution < -0.4 is 9.47 Å². The third-order valence-electron chi connectivity index (χ3n) is 5.02. The summed E-state index contributed by atoms with van der Waals surface area (Å²) in [5.41, 5.74) is 2.92. The Kier molecular flexibility index (Phi) is 3.88. The Morgan fingerprint density at radius 3 is 2.60 bits per heavy atom. The second-order valence-electron chi connectivity index (χ2n) is 5.95. The van der Waals surface area contributed by atoms with Gasteiger partial charge in [0.2, 0.25) is 0 Å². The van der Waals surface area contributed by atoms with Crippen LogP contribution in [-0.2, 0) is 6.42 Å². The molecule has 0 aliphatic carbocycles. The van der Waals surface area contributed by atoms with Gasteiger partial charge in [-0.2, -0.15) is 0 Å². The van der Waals surface area contributed by atoms with Gasteiger partial charge in [-0.1, -0.05) is 13.3 Å². The molecule has 2 atom stereocenters. The highest BCUT2D eigenvalue weighted by atomic mass is 16.5. The molecule has 0 spiro atoms. The molecule has 1 aromatic carbocycles. The number of hydrogen-bond acceptors (Lipinski definition) is 3. The molecule has 0 bridgehead atoms. The first-order valence-corrected chi connectivity index (χ1v) is 7.77. The summed E-state index contributed by atoms with van der Waals surface area (Å²) in [5.74, 6) is 2.51. The van der Waals surface area contributed by atoms with E-state index in [1.54, 1.807) is 14.2 Å². The first-order valence-electron chi connectivity index (χ1n) is 7.77. The van der Waals surface area contributed by atoms with Crippen LogP contribution in [-0.4, -0.2) is 32.2 Å². The Balaban J connectivity index is 2.04. The highest BCUT2D eigenvalue weighted by molar-refractivity contribution is 5.49. The van der Waals surface area contributed by atoms with Gasteiger partial charge in [-0.05, 0) is 55.0 Å². The van der Waals surface area contributed by atoms with E-state index in [0.29, 0.717) is 6.04 Å². The SMILES string of the molecule is CCC1CCCN2CCc3cc(OC)c(OC)cc3C12. The monoisotopic (exact) mass is 275 g/mol. The fourth-order valence-corrected chi connectivity index (χ4v) is 3.97. The van der Waals surface area contributed by atoms with Gasteiger partial charge < -0.3 is 9.47 Å². The average Bonchev–Trinajstić information content (AvgIpc) is 2.52. The maximum Gasteiger partial charge on any atom is 0.161 e. The lowest BCUT2D eigenvalue weighted by Gasteiger charge is -2.45. The largest absolute Gasteiger partial charge is 0.493 e. The van der Waals surface area contributed by atoms with Crippen LogP contribution in [0.4, 0.5) is 0 Å². The number of benzene rings is 1. The zero-order valence-corrected chi connectivity index (χ0v) is 12.8. The van der Waals surface area contributed by atoms with Crippen LogP contribution in [0.5, 0.6) is 11.5 Å². The minimum atomic E-state index is 0.581. The van der Waals surface area contributed by atoms with E-state index in [4.69, 9.17) is 9.47 Å². The molecular weight excluding hydrogens is 250 g/mol. The van der Waals surface area contributed by atoms with E-state index in [1.165, 1.54) is 43.5 Å². The first-order chi connectivity index (χ1) is 9.78. The van der Waals surface area contributed by atoms with Crippen molar-refractivity contribution in [2.45, 2.75) is 38.6 Å². The van der Waals surface area contributed by atoms with E-state index >= 15 is 0 Å². The van der Waals surface area contributed by atoms with Crippen molar-refractivity contribution in [3.63, 3.8) is 0 Å². The standard InChI is InChI=1S/C17H25NO2/c1-4-12-6-5-8-18-9-7-13-10-15(19-2)16(20-3)11-14(13)17(12)18/h10-12,17H,4-9H2,1-3H3. The van der Waals surface area contributed by atoms with Crippen LogP contribution in [0.15, 0.2) is 12.1 Å². The zero-order valence-electron chi connectivity index (χ0n) is 12.8. The molecule has 1 saturated heterocycles. The molecule has 110 valence electrons. The molecule has 3 nitrogen and oxygen atoms in total. The van der Waals surface area contributed by atoms with E-state index in [-0.39, 0.29) is 0 Å². The molecule has 20 heavy (non-hydrogen) atoms. The molecule has 0 amide bonds. The minimum absolute atomic E-state index is 0.581. The maximum absolute atomic E-state index is 5.51. The van der Waals surface area contributed by atoms with Gasteiger partial charge in [0, 0.05) is 12.6 Å². The molecule has 0 N–H and O–H groups in total. The number of fused-ring (bicyclic) bond motifs is 3. The summed E-state index contributed by atoms with van der Waals surface area (Å²) in [6.07, 6.45) is 5.08. The van der Waals surface area contributed by atoms with Crippen LogP contribution in [0.1, 0.15) is 43.4 Å². The number of nitrogens with zero attached hydrogens (tertiary/aromatic N) is 1. The lowest BCUT2D eigenvalue weighted by atomic mass is 9.78. The Labute approximate surface area is 121 Å². The molecule has 3 heteroatoms. The van der Waals surface area contributed by atoms with Crippen molar-refractivity contribution in [1.29, 1.82) is 0 Å². The lowest BCUT2D eigenvalue weighted by molar-refractivity contribution is 0.0807. The third-order valence-corrected chi connectivity index (χ3v) is 5.02. The summed E-state index contributed by atoms with van der Waals surface area (Å²) >= 11 is 0. The number of piperidine rings is 1. The van der Waals surface area contributed by atoms with E-state index in [1.807, 2.05) is 0 Å². The van der Waals surface area contributed by atoms with Gasteiger partial charge in [0.15, 0.2) is 11.5 Å². The average molecular weight is 275 g/mol. The van der Waals surface area contributed by atoms with Crippen molar-refractivity contribution in [3.05, 3.63) is 23.3 Å².